The van der Waals surface area contributed by atoms with Crippen molar-refractivity contribution in [2.75, 3.05) is 29.2 Å². The van der Waals surface area contributed by atoms with E-state index in [1.54, 1.807) is 13.0 Å². The fourth-order valence-electron chi connectivity index (χ4n) is 1.47. The number of hydrogen-bond acceptors (Lipinski definition) is 5. The first-order chi connectivity index (χ1) is 9.04. The van der Waals surface area contributed by atoms with Crippen LogP contribution in [0.3, 0.4) is 0 Å². The third-order valence-corrected chi connectivity index (χ3v) is 3.23. The minimum atomic E-state index is -0.310. The van der Waals surface area contributed by atoms with Gasteiger partial charge in [-0.15, -0.1) is 11.8 Å². The lowest BCUT2D eigenvalue weighted by Gasteiger charge is -2.10. The number of aryl methyl sites for hydroxylation is 1. The summed E-state index contributed by atoms with van der Waals surface area (Å²) in [5.41, 5.74) is 7.86. The number of para-hydroxylation sites is 1. The number of carbonyl (C=O) groups excluding carboxylic acids is 2. The molecule has 0 saturated carbocycles. The third kappa shape index (κ3) is 5.21. The van der Waals surface area contributed by atoms with Crippen molar-refractivity contribution in [3.8, 4) is 0 Å². The number of rotatable bonds is 6. The molecule has 0 radical (unpaired) electrons. The second-order valence-electron chi connectivity index (χ2n) is 3.89. The fourth-order valence-corrected chi connectivity index (χ4v) is 2.08. The Kier molecular flexibility index (Phi) is 6.21. The molecule has 5 nitrogen and oxygen atoms in total. The Morgan fingerprint density at radius 1 is 1.37 bits per heavy atom. The molecule has 19 heavy (non-hydrogen) atoms. The normalized spacial score (nSPS) is 10.0. The molecule has 0 heterocycles. The molecule has 1 rings (SSSR count). The molecular weight excluding hydrogens is 264 g/mol. The van der Waals surface area contributed by atoms with E-state index in [-0.39, 0.29) is 23.4 Å². The number of carbonyl (C=O) groups is 2. The number of amides is 1. The van der Waals surface area contributed by atoms with E-state index in [4.69, 9.17) is 10.5 Å². The molecule has 3 N–H and O–H groups in total. The molecule has 0 aliphatic heterocycles. The number of esters is 1. The van der Waals surface area contributed by atoms with Crippen molar-refractivity contribution in [2.45, 2.75) is 13.8 Å². The summed E-state index contributed by atoms with van der Waals surface area (Å²) in [5.74, 6) is -0.136. The number of thioether (sulfide) groups is 1. The minimum Gasteiger partial charge on any atom is -0.465 e. The summed E-state index contributed by atoms with van der Waals surface area (Å²) in [6.45, 7) is 3.97. The van der Waals surface area contributed by atoms with Crippen LogP contribution < -0.4 is 11.1 Å². The maximum Gasteiger partial charge on any atom is 0.315 e. The van der Waals surface area contributed by atoms with Crippen LogP contribution in [0.15, 0.2) is 18.2 Å². The lowest BCUT2D eigenvalue weighted by Crippen LogP contribution is -2.17. The predicted octanol–water partition coefficient (Wildman–Crippen LogP) is 1.81. The van der Waals surface area contributed by atoms with E-state index in [0.717, 1.165) is 5.56 Å². The van der Waals surface area contributed by atoms with E-state index >= 15 is 0 Å². The number of hydrogen-bond donors (Lipinski definition) is 2. The fraction of sp³-hybridized carbons (Fsp3) is 0.385. The Balaban J connectivity index is 2.41. The van der Waals surface area contributed by atoms with Crippen LogP contribution in [-0.2, 0) is 14.3 Å². The largest absolute Gasteiger partial charge is 0.465 e. The van der Waals surface area contributed by atoms with Crippen LogP contribution >= 0.6 is 11.8 Å². The first-order valence-electron chi connectivity index (χ1n) is 5.93. The van der Waals surface area contributed by atoms with Crippen LogP contribution in [0.5, 0.6) is 0 Å². The zero-order valence-electron chi connectivity index (χ0n) is 11.1. The number of anilines is 2. The van der Waals surface area contributed by atoms with Gasteiger partial charge in [-0.2, -0.15) is 0 Å². The van der Waals surface area contributed by atoms with E-state index in [0.29, 0.717) is 18.0 Å². The van der Waals surface area contributed by atoms with Crippen LogP contribution in [-0.4, -0.2) is 30.0 Å². The highest BCUT2D eigenvalue weighted by Gasteiger charge is 2.09. The number of ether oxygens (including phenoxy) is 1. The van der Waals surface area contributed by atoms with Crippen molar-refractivity contribution < 1.29 is 14.3 Å². The van der Waals surface area contributed by atoms with Gasteiger partial charge in [-0.05, 0) is 25.5 Å². The molecular formula is C13H18N2O3S. The van der Waals surface area contributed by atoms with Gasteiger partial charge in [0.15, 0.2) is 0 Å². The Morgan fingerprint density at radius 3 is 2.74 bits per heavy atom. The van der Waals surface area contributed by atoms with Crippen molar-refractivity contribution in [2.24, 2.45) is 0 Å². The van der Waals surface area contributed by atoms with Gasteiger partial charge in [0, 0.05) is 0 Å². The zero-order chi connectivity index (χ0) is 14.3. The summed E-state index contributed by atoms with van der Waals surface area (Å²) < 4.78 is 4.77. The van der Waals surface area contributed by atoms with Crippen LogP contribution in [0.25, 0.3) is 0 Å². The van der Waals surface area contributed by atoms with Crippen molar-refractivity contribution in [1.82, 2.24) is 0 Å². The van der Waals surface area contributed by atoms with Gasteiger partial charge in [-0.3, -0.25) is 9.59 Å². The maximum atomic E-state index is 11.7. The quantitative estimate of drug-likeness (QED) is 0.614. The first kappa shape index (κ1) is 15.4. The summed E-state index contributed by atoms with van der Waals surface area (Å²) in [7, 11) is 0. The molecule has 1 aromatic rings. The SMILES string of the molecule is CCOC(=O)CSCC(=O)Nc1c(C)cccc1N. The average molecular weight is 282 g/mol. The molecule has 0 aliphatic rings. The Labute approximate surface area is 116 Å². The van der Waals surface area contributed by atoms with Gasteiger partial charge in [0.1, 0.15) is 0 Å². The number of nitrogens with two attached hydrogens (primary N) is 1. The van der Waals surface area contributed by atoms with Crippen LogP contribution in [0.1, 0.15) is 12.5 Å². The molecule has 0 spiro atoms. The second-order valence-corrected chi connectivity index (χ2v) is 4.87. The molecule has 1 amide bonds. The van der Waals surface area contributed by atoms with Gasteiger partial charge in [0.05, 0.1) is 29.5 Å². The van der Waals surface area contributed by atoms with E-state index in [2.05, 4.69) is 5.32 Å². The van der Waals surface area contributed by atoms with E-state index in [9.17, 15) is 9.59 Å². The second kappa shape index (κ2) is 7.68. The molecule has 104 valence electrons. The number of benzene rings is 1. The monoisotopic (exact) mass is 282 g/mol. The number of nitrogen functional groups attached to an aromatic ring is 1. The summed E-state index contributed by atoms with van der Waals surface area (Å²) in [4.78, 5) is 22.8. The van der Waals surface area contributed by atoms with Crippen molar-refractivity contribution in [3.05, 3.63) is 23.8 Å². The smallest absolute Gasteiger partial charge is 0.315 e. The standard InChI is InChI=1S/C13H18N2O3S/c1-3-18-12(17)8-19-7-11(16)15-13-9(2)5-4-6-10(13)14/h4-6H,3,7-8,14H2,1-2H3,(H,15,16). The zero-order valence-corrected chi connectivity index (χ0v) is 11.9. The molecule has 1 aromatic carbocycles. The molecule has 0 saturated heterocycles. The Hall–Kier alpha value is -1.69. The molecule has 0 aromatic heterocycles. The van der Waals surface area contributed by atoms with Gasteiger partial charge in [0.25, 0.3) is 0 Å². The molecule has 0 unspecified atom stereocenters. The highest BCUT2D eigenvalue weighted by molar-refractivity contribution is 8.00. The van der Waals surface area contributed by atoms with Crippen LogP contribution in [0.2, 0.25) is 0 Å². The molecule has 6 heteroatoms. The molecule has 0 fully saturated rings. The van der Waals surface area contributed by atoms with E-state index in [1.165, 1.54) is 11.8 Å². The highest BCUT2D eigenvalue weighted by atomic mass is 32.2. The highest BCUT2D eigenvalue weighted by Crippen LogP contribution is 2.22. The number of nitrogens with one attached hydrogen (secondary N) is 1. The van der Waals surface area contributed by atoms with Crippen molar-refractivity contribution in [3.63, 3.8) is 0 Å². The summed E-state index contributed by atoms with van der Waals surface area (Å²) in [6, 6.07) is 5.43. The van der Waals surface area contributed by atoms with Gasteiger partial charge in [0.2, 0.25) is 5.91 Å². The molecule has 0 atom stereocenters. The molecule has 0 aliphatic carbocycles. The van der Waals surface area contributed by atoms with E-state index in [1.807, 2.05) is 19.1 Å². The summed E-state index contributed by atoms with van der Waals surface area (Å²) >= 11 is 1.21. The first-order valence-corrected chi connectivity index (χ1v) is 7.08. The van der Waals surface area contributed by atoms with Gasteiger partial charge < -0.3 is 15.8 Å². The summed E-state index contributed by atoms with van der Waals surface area (Å²) in [5, 5.41) is 2.75. The van der Waals surface area contributed by atoms with Gasteiger partial charge in [-0.1, -0.05) is 12.1 Å². The average Bonchev–Trinajstić information content (AvgIpc) is 2.34. The van der Waals surface area contributed by atoms with Crippen LogP contribution in [0, 0.1) is 6.92 Å². The third-order valence-electron chi connectivity index (χ3n) is 2.33. The topological polar surface area (TPSA) is 81.4 Å². The Bertz CT molecular complexity index is 443. The van der Waals surface area contributed by atoms with Crippen molar-refractivity contribution >= 4 is 35.0 Å². The maximum absolute atomic E-state index is 11.7. The predicted molar refractivity (Wildman–Crippen MR) is 78.2 cm³/mol. The van der Waals surface area contributed by atoms with Gasteiger partial charge in [-0.25, -0.2) is 0 Å². The Morgan fingerprint density at radius 2 is 2.11 bits per heavy atom. The lowest BCUT2D eigenvalue weighted by molar-refractivity contribution is -0.139. The summed E-state index contributed by atoms with van der Waals surface area (Å²) in [6.07, 6.45) is 0. The van der Waals surface area contributed by atoms with Gasteiger partial charge >= 0.3 is 5.97 Å². The van der Waals surface area contributed by atoms with Crippen molar-refractivity contribution in [1.29, 1.82) is 0 Å². The minimum absolute atomic E-state index is 0.171. The lowest BCUT2D eigenvalue weighted by atomic mass is 10.1. The van der Waals surface area contributed by atoms with Crippen LogP contribution in [0.4, 0.5) is 11.4 Å². The molecule has 0 bridgehead atoms. The van der Waals surface area contributed by atoms with E-state index < -0.39 is 0 Å².